The Kier molecular flexibility index (Phi) is 6.75. The fourth-order valence-corrected chi connectivity index (χ4v) is 2.53. The number of hydrogen-bond acceptors (Lipinski definition) is 2. The second-order valence-corrected chi connectivity index (χ2v) is 5.92. The summed E-state index contributed by atoms with van der Waals surface area (Å²) < 4.78 is 88.9. The minimum absolute atomic E-state index is 0.283. The van der Waals surface area contributed by atoms with Crippen molar-refractivity contribution < 1.29 is 35.8 Å². The molecule has 0 bridgehead atoms. The Morgan fingerprint density at radius 2 is 1.56 bits per heavy atom. The molecule has 0 aliphatic heterocycles. The first-order valence-electron chi connectivity index (χ1n) is 8.22. The molecule has 8 heteroatoms. The molecule has 0 saturated heterocycles. The van der Waals surface area contributed by atoms with Gasteiger partial charge in [0, 0.05) is 0 Å². The van der Waals surface area contributed by atoms with Gasteiger partial charge >= 0.3 is 12.7 Å². The van der Waals surface area contributed by atoms with E-state index in [4.69, 9.17) is 0 Å². The van der Waals surface area contributed by atoms with Gasteiger partial charge in [-0.25, -0.2) is 8.78 Å². The Hall–Kier alpha value is -2.22. The Balaban J connectivity index is 2.18. The third kappa shape index (κ3) is 5.38. The molecule has 1 atom stereocenters. The highest BCUT2D eigenvalue weighted by Gasteiger charge is 2.35. The summed E-state index contributed by atoms with van der Waals surface area (Å²) in [5.41, 5.74) is 0.200. The third-order valence-electron chi connectivity index (χ3n) is 3.85. The zero-order valence-corrected chi connectivity index (χ0v) is 14.6. The molecule has 2 rings (SSSR count). The van der Waals surface area contributed by atoms with Crippen molar-refractivity contribution in [2.45, 2.75) is 45.5 Å². The number of hydrogen-bond donors (Lipinski definition) is 0. The first-order chi connectivity index (χ1) is 12.6. The summed E-state index contributed by atoms with van der Waals surface area (Å²) in [5, 5.41) is 0. The van der Waals surface area contributed by atoms with Gasteiger partial charge in [0.25, 0.3) is 0 Å². The summed E-state index contributed by atoms with van der Waals surface area (Å²) in [7, 11) is 0. The highest BCUT2D eigenvalue weighted by Crippen LogP contribution is 2.37. The van der Waals surface area contributed by atoms with Crippen molar-refractivity contribution in [2.75, 3.05) is 0 Å². The van der Waals surface area contributed by atoms with Crippen LogP contribution in [0.15, 0.2) is 36.4 Å². The highest BCUT2D eigenvalue weighted by atomic mass is 19.3. The monoisotopic (exact) mass is 392 g/mol. The molecule has 0 fully saturated rings. The molecule has 0 aromatic heterocycles. The number of halogens is 6. The van der Waals surface area contributed by atoms with Gasteiger partial charge in [-0.3, -0.25) is 0 Å². The lowest BCUT2D eigenvalue weighted by atomic mass is 10.1. The van der Waals surface area contributed by atoms with Gasteiger partial charge in [0.15, 0.2) is 17.4 Å². The molecule has 0 aliphatic carbocycles. The molecule has 0 spiro atoms. The zero-order valence-electron chi connectivity index (χ0n) is 14.6. The molecular formula is C19H18F6O2. The fourth-order valence-electron chi connectivity index (χ4n) is 2.53. The smallest absolute Gasteiger partial charge is 0.387 e. The van der Waals surface area contributed by atoms with Crippen molar-refractivity contribution in [1.29, 1.82) is 0 Å². The van der Waals surface area contributed by atoms with Gasteiger partial charge < -0.3 is 9.47 Å². The number of alkyl halides is 4. The van der Waals surface area contributed by atoms with Crippen LogP contribution in [0.1, 0.15) is 43.1 Å². The van der Waals surface area contributed by atoms with E-state index in [1.807, 2.05) is 6.92 Å². The maximum atomic E-state index is 14.3. The van der Waals surface area contributed by atoms with Gasteiger partial charge in [0.2, 0.25) is 0 Å². The Labute approximate surface area is 152 Å². The van der Waals surface area contributed by atoms with Crippen LogP contribution < -0.4 is 4.74 Å². The van der Waals surface area contributed by atoms with Crippen molar-refractivity contribution in [2.24, 2.45) is 0 Å². The second kappa shape index (κ2) is 8.65. The van der Waals surface area contributed by atoms with E-state index in [1.165, 1.54) is 19.1 Å². The van der Waals surface area contributed by atoms with Crippen molar-refractivity contribution in [3.05, 3.63) is 64.7 Å². The third-order valence-corrected chi connectivity index (χ3v) is 3.85. The van der Waals surface area contributed by atoms with Gasteiger partial charge in [-0.15, -0.1) is 0 Å². The average Bonchev–Trinajstić information content (AvgIpc) is 2.58. The predicted octanol–water partition coefficient (Wildman–Crippen LogP) is 6.35. The van der Waals surface area contributed by atoms with Gasteiger partial charge in [0.05, 0.1) is 11.7 Å². The second-order valence-electron chi connectivity index (χ2n) is 5.92. The molecule has 0 N–H and O–H groups in total. The SMILES string of the molecule is CCCc1ccc(C(F)(F)OC(C)c2cc(F)c(OC(F)F)c(F)c2)cc1. The van der Waals surface area contributed by atoms with Crippen LogP contribution in [-0.2, 0) is 17.3 Å². The summed E-state index contributed by atoms with van der Waals surface area (Å²) in [5.74, 6) is -4.15. The summed E-state index contributed by atoms with van der Waals surface area (Å²) in [6, 6.07) is 6.78. The van der Waals surface area contributed by atoms with Crippen LogP contribution in [0.3, 0.4) is 0 Å². The summed E-state index contributed by atoms with van der Waals surface area (Å²) in [4.78, 5) is 0. The van der Waals surface area contributed by atoms with Crippen LogP contribution in [0.25, 0.3) is 0 Å². The predicted molar refractivity (Wildman–Crippen MR) is 86.8 cm³/mol. The summed E-state index contributed by atoms with van der Waals surface area (Å²) in [6.07, 6.45) is -3.52. The van der Waals surface area contributed by atoms with E-state index < -0.39 is 41.8 Å². The molecule has 0 heterocycles. The maximum Gasteiger partial charge on any atom is 0.387 e. The molecule has 0 saturated carbocycles. The van der Waals surface area contributed by atoms with Crippen molar-refractivity contribution in [3.63, 3.8) is 0 Å². The van der Waals surface area contributed by atoms with Gasteiger partial charge in [-0.05, 0) is 36.6 Å². The van der Waals surface area contributed by atoms with Crippen molar-refractivity contribution >= 4 is 0 Å². The fraction of sp³-hybridized carbons (Fsp3) is 0.368. The lowest BCUT2D eigenvalue weighted by Gasteiger charge is -2.23. The number of benzene rings is 2. The topological polar surface area (TPSA) is 18.5 Å². The lowest BCUT2D eigenvalue weighted by Crippen LogP contribution is -2.20. The molecule has 0 amide bonds. The van der Waals surface area contributed by atoms with Gasteiger partial charge in [-0.1, -0.05) is 37.6 Å². The lowest BCUT2D eigenvalue weighted by molar-refractivity contribution is -0.272. The minimum atomic E-state index is -3.71. The first kappa shape index (κ1) is 21.1. The molecule has 1 unspecified atom stereocenters. The molecule has 27 heavy (non-hydrogen) atoms. The standard InChI is InChI=1S/C19H18F6O2/c1-3-4-12-5-7-14(8-6-12)19(24,25)27-11(2)13-9-15(20)17(16(21)10-13)26-18(22)23/h5-11,18H,3-4H2,1-2H3. The van der Waals surface area contributed by atoms with Gasteiger partial charge in [-0.2, -0.15) is 17.6 Å². The van der Waals surface area contributed by atoms with E-state index in [1.54, 1.807) is 12.1 Å². The van der Waals surface area contributed by atoms with Gasteiger partial charge in [0.1, 0.15) is 0 Å². The molecule has 2 aromatic rings. The average molecular weight is 392 g/mol. The number of aryl methyl sites for hydroxylation is 1. The zero-order chi connectivity index (χ0) is 20.2. The van der Waals surface area contributed by atoms with Crippen LogP contribution in [0.5, 0.6) is 5.75 Å². The number of ether oxygens (including phenoxy) is 2. The maximum absolute atomic E-state index is 14.3. The normalized spacial score (nSPS) is 13.1. The Morgan fingerprint density at radius 1 is 1.00 bits per heavy atom. The van der Waals surface area contributed by atoms with Crippen molar-refractivity contribution in [1.82, 2.24) is 0 Å². The van der Waals surface area contributed by atoms with Crippen LogP contribution >= 0.6 is 0 Å². The van der Waals surface area contributed by atoms with E-state index >= 15 is 0 Å². The molecule has 148 valence electrons. The first-order valence-corrected chi connectivity index (χ1v) is 8.22. The molecule has 2 nitrogen and oxygen atoms in total. The number of rotatable bonds is 8. The Bertz CT molecular complexity index is 738. The molecule has 0 radical (unpaired) electrons. The van der Waals surface area contributed by atoms with E-state index in [2.05, 4.69) is 9.47 Å². The minimum Gasteiger partial charge on any atom is -0.429 e. The van der Waals surface area contributed by atoms with E-state index in [9.17, 15) is 26.3 Å². The van der Waals surface area contributed by atoms with E-state index in [0.29, 0.717) is 12.1 Å². The van der Waals surface area contributed by atoms with Crippen LogP contribution in [0, 0.1) is 11.6 Å². The molecular weight excluding hydrogens is 374 g/mol. The summed E-state index contributed by atoms with van der Waals surface area (Å²) in [6.45, 7) is -0.293. The van der Waals surface area contributed by atoms with Crippen LogP contribution in [-0.4, -0.2) is 6.61 Å². The summed E-state index contributed by atoms with van der Waals surface area (Å²) >= 11 is 0. The van der Waals surface area contributed by atoms with Crippen LogP contribution in [0.2, 0.25) is 0 Å². The quantitative estimate of drug-likeness (QED) is 0.488. The van der Waals surface area contributed by atoms with Crippen molar-refractivity contribution in [3.8, 4) is 5.75 Å². The van der Waals surface area contributed by atoms with Crippen LogP contribution in [0.4, 0.5) is 26.3 Å². The Morgan fingerprint density at radius 3 is 2.04 bits per heavy atom. The van der Waals surface area contributed by atoms with E-state index in [-0.39, 0.29) is 5.56 Å². The molecule has 0 aliphatic rings. The largest absolute Gasteiger partial charge is 0.429 e. The highest BCUT2D eigenvalue weighted by molar-refractivity contribution is 5.32. The van der Waals surface area contributed by atoms with E-state index in [0.717, 1.165) is 18.4 Å². The molecule has 2 aromatic carbocycles.